The van der Waals surface area contributed by atoms with E-state index < -0.39 is 5.60 Å². The molecule has 0 aromatic rings. The summed E-state index contributed by atoms with van der Waals surface area (Å²) < 4.78 is 4.83. The Labute approximate surface area is 81.3 Å². The van der Waals surface area contributed by atoms with Gasteiger partial charge in [-0.25, -0.2) is 4.79 Å². The molecule has 0 amide bonds. The molecule has 2 heteroatoms. The summed E-state index contributed by atoms with van der Waals surface area (Å²) in [6.45, 7) is 12.7. The van der Waals surface area contributed by atoms with E-state index in [1.165, 1.54) is 0 Å². The summed E-state index contributed by atoms with van der Waals surface area (Å²) in [5.74, 6) is -0.373. The zero-order valence-corrected chi connectivity index (χ0v) is 9.26. The number of esters is 1. The Hall–Kier alpha value is -1.05. The van der Waals surface area contributed by atoms with Gasteiger partial charge < -0.3 is 4.74 Å². The molecule has 0 bridgehead atoms. The van der Waals surface area contributed by atoms with Crippen LogP contribution in [-0.4, -0.2) is 11.6 Å². The minimum atomic E-state index is -0.398. The number of hydrogen-bond donors (Lipinski definition) is 0. The molecular formula is C11H20O2. The number of ether oxygens (including phenoxy) is 1. The highest BCUT2D eigenvalue weighted by Gasteiger charge is 2.12. The van der Waals surface area contributed by atoms with Gasteiger partial charge in [0, 0.05) is 6.08 Å². The van der Waals surface area contributed by atoms with E-state index in [1.54, 1.807) is 0 Å². The Kier molecular flexibility index (Phi) is 8.45. The fourth-order valence-corrected chi connectivity index (χ4v) is 0.343. The molecule has 0 aromatic carbocycles. The van der Waals surface area contributed by atoms with Crippen molar-refractivity contribution in [3.8, 4) is 0 Å². The van der Waals surface area contributed by atoms with Crippen molar-refractivity contribution in [3.63, 3.8) is 0 Å². The molecule has 0 saturated carbocycles. The largest absolute Gasteiger partial charge is 0.457 e. The lowest BCUT2D eigenvalue weighted by molar-refractivity contribution is -0.148. The second-order valence-electron chi connectivity index (χ2n) is 3.40. The highest BCUT2D eigenvalue weighted by atomic mass is 16.6. The van der Waals surface area contributed by atoms with Crippen molar-refractivity contribution in [3.05, 3.63) is 24.8 Å². The molecule has 0 radical (unpaired) electrons. The van der Waals surface area contributed by atoms with E-state index in [4.69, 9.17) is 4.74 Å². The van der Waals surface area contributed by atoms with Crippen LogP contribution in [0, 0.1) is 0 Å². The quantitative estimate of drug-likeness (QED) is 0.355. The van der Waals surface area contributed by atoms with Gasteiger partial charge in [0.05, 0.1) is 0 Å². The highest BCUT2D eigenvalue weighted by Crippen LogP contribution is 2.06. The maximum absolute atomic E-state index is 10.5. The lowest BCUT2D eigenvalue weighted by Gasteiger charge is -2.17. The predicted molar refractivity (Wildman–Crippen MR) is 56.5 cm³/mol. The Balaban J connectivity index is 0. The monoisotopic (exact) mass is 184 g/mol. The topological polar surface area (TPSA) is 26.3 Å². The van der Waals surface area contributed by atoms with Gasteiger partial charge in [-0.15, -0.1) is 0 Å². The smallest absolute Gasteiger partial charge is 0.330 e. The van der Waals surface area contributed by atoms with Gasteiger partial charge in [-0.2, -0.15) is 0 Å². The van der Waals surface area contributed by atoms with Gasteiger partial charge in [-0.3, -0.25) is 0 Å². The van der Waals surface area contributed by atoms with Gasteiger partial charge >= 0.3 is 5.97 Å². The van der Waals surface area contributed by atoms with Gasteiger partial charge in [0.2, 0.25) is 0 Å². The zero-order valence-electron chi connectivity index (χ0n) is 9.26. The zero-order chi connectivity index (χ0) is 10.9. The average Bonchev–Trinajstić information content (AvgIpc) is 2.02. The first-order chi connectivity index (χ1) is 5.87. The van der Waals surface area contributed by atoms with Crippen molar-refractivity contribution in [2.45, 2.75) is 40.2 Å². The molecule has 0 aliphatic carbocycles. The van der Waals surface area contributed by atoms with E-state index >= 15 is 0 Å². The van der Waals surface area contributed by atoms with E-state index in [0.29, 0.717) is 0 Å². The summed E-state index contributed by atoms with van der Waals surface area (Å²) in [5.41, 5.74) is -0.398. The molecule has 0 aliphatic rings. The first kappa shape index (κ1) is 14.5. The van der Waals surface area contributed by atoms with E-state index in [2.05, 4.69) is 6.58 Å². The van der Waals surface area contributed by atoms with E-state index in [0.717, 1.165) is 6.08 Å². The van der Waals surface area contributed by atoms with Gasteiger partial charge in [-0.05, 0) is 34.6 Å². The molecule has 0 fully saturated rings. The van der Waals surface area contributed by atoms with Crippen LogP contribution in [0.15, 0.2) is 24.8 Å². The van der Waals surface area contributed by atoms with Gasteiger partial charge in [0.1, 0.15) is 5.60 Å². The molecule has 0 atom stereocenters. The van der Waals surface area contributed by atoms with Crippen LogP contribution in [0.25, 0.3) is 0 Å². The number of allylic oxidation sites excluding steroid dienone is 2. The van der Waals surface area contributed by atoms with E-state index in [1.807, 2.05) is 46.8 Å². The maximum Gasteiger partial charge on any atom is 0.330 e. The highest BCUT2D eigenvalue weighted by molar-refractivity contribution is 5.81. The summed E-state index contributed by atoms with van der Waals surface area (Å²) in [7, 11) is 0. The lowest BCUT2D eigenvalue weighted by atomic mass is 10.2. The van der Waals surface area contributed by atoms with Crippen molar-refractivity contribution in [1.29, 1.82) is 0 Å². The Morgan fingerprint density at radius 3 is 1.69 bits per heavy atom. The molecular weight excluding hydrogens is 164 g/mol. The van der Waals surface area contributed by atoms with Crippen molar-refractivity contribution in [2.75, 3.05) is 0 Å². The summed E-state index contributed by atoms with van der Waals surface area (Å²) in [4.78, 5) is 10.5. The molecule has 0 heterocycles. The average molecular weight is 184 g/mol. The van der Waals surface area contributed by atoms with Crippen LogP contribution in [0.5, 0.6) is 0 Å². The second-order valence-corrected chi connectivity index (χ2v) is 3.40. The molecule has 0 rings (SSSR count). The van der Waals surface area contributed by atoms with Gasteiger partial charge in [0.25, 0.3) is 0 Å². The van der Waals surface area contributed by atoms with Crippen LogP contribution < -0.4 is 0 Å². The summed E-state index contributed by atoms with van der Waals surface area (Å²) in [6, 6.07) is 0. The number of hydrogen-bond acceptors (Lipinski definition) is 2. The molecule has 0 spiro atoms. The van der Waals surface area contributed by atoms with Crippen molar-refractivity contribution >= 4 is 5.97 Å². The molecule has 0 N–H and O–H groups in total. The molecule has 0 aliphatic heterocycles. The molecule has 2 nitrogen and oxygen atoms in total. The Bertz CT molecular complexity index is 169. The summed E-state index contributed by atoms with van der Waals surface area (Å²) in [5, 5.41) is 0. The third kappa shape index (κ3) is 18.2. The van der Waals surface area contributed by atoms with Crippen molar-refractivity contribution < 1.29 is 9.53 Å². The van der Waals surface area contributed by atoms with Crippen LogP contribution in [0.2, 0.25) is 0 Å². The number of carbonyl (C=O) groups is 1. The second kappa shape index (κ2) is 7.59. The Morgan fingerprint density at radius 1 is 1.23 bits per heavy atom. The van der Waals surface area contributed by atoms with E-state index in [9.17, 15) is 4.79 Å². The summed E-state index contributed by atoms with van der Waals surface area (Å²) in [6.07, 6.45) is 5.16. The maximum atomic E-state index is 10.5. The van der Waals surface area contributed by atoms with Crippen molar-refractivity contribution in [1.82, 2.24) is 0 Å². The van der Waals surface area contributed by atoms with Crippen LogP contribution in [0.1, 0.15) is 34.6 Å². The first-order valence-electron chi connectivity index (χ1n) is 4.30. The predicted octanol–water partition coefficient (Wildman–Crippen LogP) is 3.10. The van der Waals surface area contributed by atoms with Crippen LogP contribution >= 0.6 is 0 Å². The number of rotatable bonds is 1. The molecule has 0 aromatic heterocycles. The number of carbonyl (C=O) groups excluding carboxylic acids is 1. The standard InChI is InChI=1S/C7H12O2.C4H8/c1-5-6(8)9-7(2,3)4;1-3-4-2/h5H,1H2,2-4H3;3-4H,1-2H3. The third-order valence-electron chi connectivity index (χ3n) is 0.907. The van der Waals surface area contributed by atoms with Crippen LogP contribution in [0.4, 0.5) is 0 Å². The fraction of sp³-hybridized carbons (Fsp3) is 0.545. The first-order valence-corrected chi connectivity index (χ1v) is 4.30. The normalized spacial score (nSPS) is 10.2. The molecule has 13 heavy (non-hydrogen) atoms. The summed E-state index contributed by atoms with van der Waals surface area (Å²) >= 11 is 0. The Morgan fingerprint density at radius 2 is 1.62 bits per heavy atom. The SMILES string of the molecule is C=CC(=O)OC(C)(C)C.CC=CC. The third-order valence-corrected chi connectivity index (χ3v) is 0.907. The molecule has 0 saturated heterocycles. The van der Waals surface area contributed by atoms with Crippen LogP contribution in [-0.2, 0) is 9.53 Å². The van der Waals surface area contributed by atoms with Crippen LogP contribution in [0.3, 0.4) is 0 Å². The minimum absolute atomic E-state index is 0.373. The van der Waals surface area contributed by atoms with E-state index in [-0.39, 0.29) is 5.97 Å². The lowest BCUT2D eigenvalue weighted by Crippen LogP contribution is -2.22. The fourth-order valence-electron chi connectivity index (χ4n) is 0.343. The molecule has 0 unspecified atom stereocenters. The molecule has 76 valence electrons. The van der Waals surface area contributed by atoms with Gasteiger partial charge in [0.15, 0.2) is 0 Å². The van der Waals surface area contributed by atoms with Crippen molar-refractivity contribution in [2.24, 2.45) is 0 Å². The van der Waals surface area contributed by atoms with Gasteiger partial charge in [-0.1, -0.05) is 18.7 Å². The minimum Gasteiger partial charge on any atom is -0.457 e.